The van der Waals surface area contributed by atoms with Crippen molar-refractivity contribution in [1.82, 2.24) is 35.6 Å². The molecule has 1 atom stereocenters. The van der Waals surface area contributed by atoms with Crippen LogP contribution in [0.4, 0.5) is 0 Å². The number of aryl methyl sites for hydroxylation is 2. The van der Waals surface area contributed by atoms with Gasteiger partial charge in [-0.15, -0.1) is 0 Å². The van der Waals surface area contributed by atoms with Crippen LogP contribution in [-0.2, 0) is 11.2 Å². The minimum Gasteiger partial charge on any atom is -0.504 e. The van der Waals surface area contributed by atoms with Crippen LogP contribution < -0.4 is 5.32 Å². The van der Waals surface area contributed by atoms with Crippen molar-refractivity contribution in [3.8, 4) is 5.75 Å². The first-order valence-corrected chi connectivity index (χ1v) is 8.18. The molecule has 1 aliphatic heterocycles. The number of nitrogens with one attached hydrogen (secondary N) is 3. The lowest BCUT2D eigenvalue weighted by molar-refractivity contribution is -0.130. The molecule has 1 aliphatic rings. The average Bonchev–Trinajstić information content (AvgIpc) is 3.34. The third kappa shape index (κ3) is 3.95. The molecule has 0 saturated carbocycles. The van der Waals surface area contributed by atoms with Gasteiger partial charge in [0.1, 0.15) is 17.8 Å². The quantitative estimate of drug-likeness (QED) is 0.568. The van der Waals surface area contributed by atoms with E-state index in [0.29, 0.717) is 44.0 Å². The second-order valence-corrected chi connectivity index (χ2v) is 6.17. The van der Waals surface area contributed by atoms with E-state index in [0.717, 1.165) is 6.42 Å². The van der Waals surface area contributed by atoms with E-state index in [1.54, 1.807) is 6.92 Å². The summed E-state index contributed by atoms with van der Waals surface area (Å²) in [7, 11) is 0. The molecule has 134 valence electrons. The van der Waals surface area contributed by atoms with Crippen LogP contribution >= 0.6 is 0 Å². The minimum absolute atomic E-state index is 0.0653. The Morgan fingerprint density at radius 2 is 2.28 bits per heavy atom. The molecule has 3 rings (SSSR count). The van der Waals surface area contributed by atoms with Gasteiger partial charge < -0.3 is 15.3 Å². The number of rotatable bonds is 6. The normalized spacial score (nSPS) is 17.0. The van der Waals surface area contributed by atoms with E-state index in [1.165, 1.54) is 6.33 Å². The zero-order valence-corrected chi connectivity index (χ0v) is 13.9. The molecule has 2 aromatic heterocycles. The van der Waals surface area contributed by atoms with Crippen LogP contribution in [0.2, 0.25) is 0 Å². The second-order valence-electron chi connectivity index (χ2n) is 6.17. The van der Waals surface area contributed by atoms with Crippen molar-refractivity contribution in [2.24, 2.45) is 5.92 Å². The molecule has 2 amide bonds. The van der Waals surface area contributed by atoms with E-state index < -0.39 is 5.91 Å². The van der Waals surface area contributed by atoms with Crippen LogP contribution in [0.15, 0.2) is 6.33 Å². The van der Waals surface area contributed by atoms with E-state index in [-0.39, 0.29) is 23.3 Å². The van der Waals surface area contributed by atoms with E-state index in [2.05, 4.69) is 30.7 Å². The first-order chi connectivity index (χ1) is 12.0. The van der Waals surface area contributed by atoms with Gasteiger partial charge >= 0.3 is 0 Å². The number of hydrogen-bond acceptors (Lipinski definition) is 6. The molecule has 1 fully saturated rings. The van der Waals surface area contributed by atoms with Crippen LogP contribution in [-0.4, -0.2) is 66.8 Å². The molecule has 1 saturated heterocycles. The first-order valence-electron chi connectivity index (χ1n) is 8.18. The van der Waals surface area contributed by atoms with Crippen molar-refractivity contribution in [2.45, 2.75) is 26.2 Å². The molecule has 25 heavy (non-hydrogen) atoms. The number of H-pyrrole nitrogens is 2. The van der Waals surface area contributed by atoms with Gasteiger partial charge in [0.25, 0.3) is 5.91 Å². The van der Waals surface area contributed by atoms with Gasteiger partial charge in [-0.1, -0.05) is 0 Å². The Labute approximate surface area is 144 Å². The highest BCUT2D eigenvalue weighted by molar-refractivity contribution is 5.95. The molecule has 2 aromatic rings. The lowest BCUT2D eigenvalue weighted by Gasteiger charge is -2.16. The Morgan fingerprint density at radius 1 is 1.44 bits per heavy atom. The number of amides is 2. The number of aromatic amines is 2. The van der Waals surface area contributed by atoms with Crippen molar-refractivity contribution < 1.29 is 14.7 Å². The Hall–Kier alpha value is -2.91. The van der Waals surface area contributed by atoms with Crippen molar-refractivity contribution in [3.63, 3.8) is 0 Å². The summed E-state index contributed by atoms with van der Waals surface area (Å²) in [4.78, 5) is 30.1. The van der Waals surface area contributed by atoms with Gasteiger partial charge in [0.15, 0.2) is 11.4 Å². The molecule has 10 heteroatoms. The SMILES string of the molecule is Cc1n[nH]c(C(=O)NCC2CCN(C(=O)CCc3ncn[nH]3)C2)c1O. The molecule has 0 spiro atoms. The monoisotopic (exact) mass is 347 g/mol. The zero-order valence-electron chi connectivity index (χ0n) is 13.9. The third-order valence-electron chi connectivity index (χ3n) is 4.37. The maximum atomic E-state index is 12.2. The van der Waals surface area contributed by atoms with Crippen LogP contribution in [0.3, 0.4) is 0 Å². The lowest BCUT2D eigenvalue weighted by Crippen LogP contribution is -2.33. The Morgan fingerprint density at radius 3 is 2.96 bits per heavy atom. The molecule has 3 heterocycles. The number of carbonyl (C=O) groups excluding carboxylic acids is 2. The fourth-order valence-electron chi connectivity index (χ4n) is 2.87. The van der Waals surface area contributed by atoms with Gasteiger partial charge in [0.2, 0.25) is 5.91 Å². The van der Waals surface area contributed by atoms with Gasteiger partial charge in [-0.05, 0) is 19.3 Å². The number of aromatic nitrogens is 5. The minimum atomic E-state index is -0.395. The van der Waals surface area contributed by atoms with Gasteiger partial charge in [-0.3, -0.25) is 19.8 Å². The lowest BCUT2D eigenvalue weighted by atomic mass is 10.1. The summed E-state index contributed by atoms with van der Waals surface area (Å²) in [6, 6.07) is 0. The number of likely N-dealkylation sites (tertiary alicyclic amines) is 1. The fraction of sp³-hybridized carbons (Fsp3) is 0.533. The first kappa shape index (κ1) is 16.9. The van der Waals surface area contributed by atoms with E-state index in [1.807, 2.05) is 4.90 Å². The smallest absolute Gasteiger partial charge is 0.273 e. The summed E-state index contributed by atoms with van der Waals surface area (Å²) in [6.45, 7) is 3.36. The van der Waals surface area contributed by atoms with Crippen LogP contribution in [0.25, 0.3) is 0 Å². The van der Waals surface area contributed by atoms with Crippen molar-refractivity contribution in [2.75, 3.05) is 19.6 Å². The summed E-state index contributed by atoms with van der Waals surface area (Å²) in [5.41, 5.74) is 0.449. The summed E-state index contributed by atoms with van der Waals surface area (Å²) in [5, 5.41) is 25.3. The molecular formula is C15H21N7O3. The topological polar surface area (TPSA) is 140 Å². The summed E-state index contributed by atoms with van der Waals surface area (Å²) >= 11 is 0. The van der Waals surface area contributed by atoms with E-state index in [9.17, 15) is 14.7 Å². The molecule has 10 nitrogen and oxygen atoms in total. The largest absolute Gasteiger partial charge is 0.504 e. The van der Waals surface area contributed by atoms with Crippen LogP contribution in [0.1, 0.15) is 34.8 Å². The Bertz CT molecular complexity index is 740. The summed E-state index contributed by atoms with van der Waals surface area (Å²) in [5.74, 6) is 0.448. The highest BCUT2D eigenvalue weighted by atomic mass is 16.3. The Balaban J connectivity index is 1.42. The molecular weight excluding hydrogens is 326 g/mol. The van der Waals surface area contributed by atoms with Crippen molar-refractivity contribution >= 4 is 11.8 Å². The van der Waals surface area contributed by atoms with E-state index >= 15 is 0 Å². The van der Waals surface area contributed by atoms with Gasteiger partial charge in [0, 0.05) is 32.5 Å². The molecule has 0 radical (unpaired) electrons. The van der Waals surface area contributed by atoms with Crippen LogP contribution in [0.5, 0.6) is 5.75 Å². The highest BCUT2D eigenvalue weighted by Crippen LogP contribution is 2.19. The Kier molecular flexibility index (Phi) is 4.96. The zero-order chi connectivity index (χ0) is 17.8. The highest BCUT2D eigenvalue weighted by Gasteiger charge is 2.27. The predicted molar refractivity (Wildman–Crippen MR) is 86.7 cm³/mol. The maximum absolute atomic E-state index is 12.2. The van der Waals surface area contributed by atoms with E-state index in [4.69, 9.17) is 0 Å². The number of aromatic hydroxyl groups is 1. The second kappa shape index (κ2) is 7.32. The standard InChI is InChI=1S/C15H21N7O3/c1-9-14(24)13(21-19-9)15(25)16-6-10-4-5-22(7-10)12(23)3-2-11-17-8-18-20-11/h8,10,24H,2-7H2,1H3,(H,16,25)(H,19,21)(H,17,18,20). The summed E-state index contributed by atoms with van der Waals surface area (Å²) < 4.78 is 0. The van der Waals surface area contributed by atoms with Crippen LogP contribution in [0, 0.1) is 12.8 Å². The number of hydrogen-bond donors (Lipinski definition) is 4. The molecule has 0 aromatic carbocycles. The third-order valence-corrected chi connectivity index (χ3v) is 4.37. The fourth-order valence-corrected chi connectivity index (χ4v) is 2.87. The summed E-state index contributed by atoms with van der Waals surface area (Å²) in [6.07, 6.45) is 3.18. The average molecular weight is 347 g/mol. The maximum Gasteiger partial charge on any atom is 0.273 e. The number of nitrogens with zero attached hydrogens (tertiary/aromatic N) is 4. The van der Waals surface area contributed by atoms with Gasteiger partial charge in [-0.2, -0.15) is 10.2 Å². The van der Waals surface area contributed by atoms with Crippen molar-refractivity contribution in [3.05, 3.63) is 23.5 Å². The van der Waals surface area contributed by atoms with Gasteiger partial charge in [0.05, 0.1) is 0 Å². The number of carbonyl (C=O) groups is 2. The molecule has 0 aliphatic carbocycles. The van der Waals surface area contributed by atoms with Gasteiger partial charge in [-0.25, -0.2) is 4.98 Å². The molecule has 4 N–H and O–H groups in total. The molecule has 1 unspecified atom stereocenters. The van der Waals surface area contributed by atoms with Crippen molar-refractivity contribution in [1.29, 1.82) is 0 Å². The predicted octanol–water partition coefficient (Wildman–Crippen LogP) is -0.247. The molecule has 0 bridgehead atoms.